The van der Waals surface area contributed by atoms with E-state index in [4.69, 9.17) is 23.7 Å². The summed E-state index contributed by atoms with van der Waals surface area (Å²) in [6, 6.07) is 7.10. The number of methoxy groups -OCH3 is 4. The molecule has 0 fully saturated rings. The quantitative estimate of drug-likeness (QED) is 0.586. The number of carbonyl (C=O) groups is 1. The second kappa shape index (κ2) is 9.28. The highest BCUT2D eigenvalue weighted by Crippen LogP contribution is 2.39. The van der Waals surface area contributed by atoms with Gasteiger partial charge in [0.2, 0.25) is 11.7 Å². The number of hydrogen-bond acceptors (Lipinski definition) is 7. The fraction of sp³-hybridized carbons (Fsp3) is 0.333. The van der Waals surface area contributed by atoms with Crippen LogP contribution in [-0.2, 0) is 14.3 Å². The molecule has 7 nitrogen and oxygen atoms in total. The number of rotatable bonds is 8. The van der Waals surface area contributed by atoms with Crippen molar-refractivity contribution in [1.29, 1.82) is 0 Å². The van der Waals surface area contributed by atoms with Crippen LogP contribution in [0.2, 0.25) is 0 Å². The van der Waals surface area contributed by atoms with Crippen LogP contribution >= 0.6 is 15.9 Å². The summed E-state index contributed by atoms with van der Waals surface area (Å²) in [5.74, 6) is 2.10. The van der Waals surface area contributed by atoms with E-state index < -0.39 is 12.2 Å². The van der Waals surface area contributed by atoms with Crippen LogP contribution in [0.4, 0.5) is 0 Å². The monoisotopic (exact) mass is 463 g/mol. The summed E-state index contributed by atoms with van der Waals surface area (Å²) in [5, 5.41) is 0. The summed E-state index contributed by atoms with van der Waals surface area (Å²) in [4.78, 5) is 17.2. The van der Waals surface area contributed by atoms with Crippen molar-refractivity contribution >= 4 is 27.5 Å². The van der Waals surface area contributed by atoms with E-state index in [-0.39, 0.29) is 5.78 Å². The molecule has 0 bridgehead atoms. The molecule has 0 amide bonds. The van der Waals surface area contributed by atoms with Crippen molar-refractivity contribution in [1.82, 2.24) is 4.98 Å². The fourth-order valence-electron chi connectivity index (χ4n) is 3.09. The first-order chi connectivity index (χ1) is 14.0. The molecule has 3 rings (SSSR count). The van der Waals surface area contributed by atoms with Gasteiger partial charge in [0.1, 0.15) is 27.8 Å². The van der Waals surface area contributed by atoms with Gasteiger partial charge in [-0.1, -0.05) is 0 Å². The molecule has 0 N–H and O–H groups in total. The van der Waals surface area contributed by atoms with E-state index in [0.717, 1.165) is 5.56 Å². The van der Waals surface area contributed by atoms with Gasteiger partial charge in [-0.3, -0.25) is 4.79 Å². The number of pyridine rings is 1. The molecule has 1 aromatic carbocycles. The summed E-state index contributed by atoms with van der Waals surface area (Å²) < 4.78 is 27.9. The summed E-state index contributed by atoms with van der Waals surface area (Å²) in [6.45, 7) is 0. The maximum absolute atomic E-state index is 13.0. The molecule has 8 heteroatoms. The number of carbonyl (C=O) groups excluding carboxylic acids is 1. The molecule has 2 heterocycles. The third-order valence-electron chi connectivity index (χ3n) is 4.60. The highest BCUT2D eigenvalue weighted by atomic mass is 79.9. The first kappa shape index (κ1) is 21.1. The second-order valence-electron chi connectivity index (χ2n) is 6.26. The minimum Gasteiger partial charge on any atom is -0.495 e. The lowest BCUT2D eigenvalue weighted by Gasteiger charge is -2.20. The molecule has 0 aliphatic carbocycles. The second-order valence-corrected chi connectivity index (χ2v) is 7.05. The molecular weight excluding hydrogens is 442 g/mol. The van der Waals surface area contributed by atoms with Crippen molar-refractivity contribution < 1.29 is 28.5 Å². The van der Waals surface area contributed by atoms with Crippen molar-refractivity contribution in [3.05, 3.63) is 52.1 Å². The maximum Gasteiger partial charge on any atom is 0.212 e. The first-order valence-corrected chi connectivity index (χ1v) is 9.66. The largest absolute Gasteiger partial charge is 0.495 e. The molecular formula is C21H22BrNO6. The van der Waals surface area contributed by atoms with E-state index in [0.29, 0.717) is 39.6 Å². The minimum atomic E-state index is -0.778. The highest BCUT2D eigenvalue weighted by molar-refractivity contribution is 9.10. The molecule has 0 saturated carbocycles. The Labute approximate surface area is 177 Å². The van der Waals surface area contributed by atoms with Crippen LogP contribution in [0, 0.1) is 0 Å². The molecule has 1 aliphatic rings. The molecule has 154 valence electrons. The Balaban J connectivity index is 1.77. The van der Waals surface area contributed by atoms with Gasteiger partial charge in [0.15, 0.2) is 6.10 Å². The van der Waals surface area contributed by atoms with Crippen LogP contribution in [0.1, 0.15) is 23.7 Å². The van der Waals surface area contributed by atoms with E-state index in [1.54, 1.807) is 32.5 Å². The van der Waals surface area contributed by atoms with Crippen LogP contribution in [-0.4, -0.2) is 45.3 Å². The minimum absolute atomic E-state index is 0.179. The Hall–Kier alpha value is -2.58. The smallest absolute Gasteiger partial charge is 0.212 e. The SMILES string of the molecule is COc1ccc(C(OC)C(=O)C2CC=C(c3cc(OC)c(Br)c(OC)c3)O2)cn1. The summed E-state index contributed by atoms with van der Waals surface area (Å²) >= 11 is 3.45. The van der Waals surface area contributed by atoms with Gasteiger partial charge in [0.05, 0.1) is 21.3 Å². The maximum atomic E-state index is 13.0. The van der Waals surface area contributed by atoms with Crippen molar-refractivity contribution in [2.45, 2.75) is 18.6 Å². The van der Waals surface area contributed by atoms with Gasteiger partial charge in [0, 0.05) is 36.9 Å². The van der Waals surface area contributed by atoms with Crippen LogP contribution in [0.5, 0.6) is 17.4 Å². The third-order valence-corrected chi connectivity index (χ3v) is 5.38. The van der Waals surface area contributed by atoms with Gasteiger partial charge in [-0.25, -0.2) is 4.98 Å². The first-order valence-electron chi connectivity index (χ1n) is 8.87. The van der Waals surface area contributed by atoms with E-state index in [1.165, 1.54) is 14.2 Å². The fourth-order valence-corrected chi connectivity index (χ4v) is 3.64. The van der Waals surface area contributed by atoms with E-state index >= 15 is 0 Å². The van der Waals surface area contributed by atoms with Gasteiger partial charge in [-0.05, 0) is 40.2 Å². The van der Waals surface area contributed by atoms with Crippen LogP contribution in [0.15, 0.2) is 41.0 Å². The molecule has 2 unspecified atom stereocenters. The standard InChI is InChI=1S/C21H22BrNO6/c1-25-16-9-13(10-17(26-2)19(16)22)14-6-7-15(29-14)20(24)21(28-4)12-5-8-18(27-3)23-11-12/h5-6,8-11,15,21H,7H2,1-4H3. The molecule has 1 aliphatic heterocycles. The number of ketones is 1. The van der Waals surface area contributed by atoms with Crippen molar-refractivity contribution in [3.8, 4) is 17.4 Å². The Morgan fingerprint density at radius 1 is 1.14 bits per heavy atom. The number of ether oxygens (including phenoxy) is 5. The van der Waals surface area contributed by atoms with Crippen molar-refractivity contribution in [2.24, 2.45) is 0 Å². The Bertz CT molecular complexity index is 887. The van der Waals surface area contributed by atoms with Gasteiger partial charge >= 0.3 is 0 Å². The van der Waals surface area contributed by atoms with E-state index in [9.17, 15) is 4.79 Å². The Kier molecular flexibility index (Phi) is 6.76. The summed E-state index contributed by atoms with van der Waals surface area (Å²) in [6.07, 6.45) is 2.46. The highest BCUT2D eigenvalue weighted by Gasteiger charge is 2.33. The van der Waals surface area contributed by atoms with Crippen molar-refractivity contribution in [2.75, 3.05) is 28.4 Å². The zero-order valence-electron chi connectivity index (χ0n) is 16.6. The molecule has 0 spiro atoms. The predicted octanol–water partition coefficient (Wildman–Crippen LogP) is 3.96. The Morgan fingerprint density at radius 2 is 1.83 bits per heavy atom. The zero-order chi connectivity index (χ0) is 21.0. The number of Topliss-reactive ketones (excluding diaryl/α,β-unsaturated/α-hetero) is 1. The van der Waals surface area contributed by atoms with E-state index in [1.807, 2.05) is 18.2 Å². The number of halogens is 1. The predicted molar refractivity (Wildman–Crippen MR) is 110 cm³/mol. The summed E-state index contributed by atoms with van der Waals surface area (Å²) in [5.41, 5.74) is 1.40. The number of nitrogens with zero attached hydrogens (tertiary/aromatic N) is 1. The number of aromatic nitrogens is 1. The normalized spacial score (nSPS) is 16.6. The lowest BCUT2D eigenvalue weighted by Crippen LogP contribution is -2.27. The molecule has 2 aromatic rings. The molecule has 0 radical (unpaired) electrons. The lowest BCUT2D eigenvalue weighted by atomic mass is 10.0. The van der Waals surface area contributed by atoms with Gasteiger partial charge in [-0.2, -0.15) is 0 Å². The van der Waals surface area contributed by atoms with Crippen LogP contribution in [0.25, 0.3) is 5.76 Å². The summed E-state index contributed by atoms with van der Waals surface area (Å²) in [7, 11) is 6.17. The molecule has 1 aromatic heterocycles. The molecule has 29 heavy (non-hydrogen) atoms. The third kappa shape index (κ3) is 4.38. The number of benzene rings is 1. The molecule has 0 saturated heterocycles. The van der Waals surface area contributed by atoms with Crippen LogP contribution < -0.4 is 14.2 Å². The average molecular weight is 464 g/mol. The molecule has 2 atom stereocenters. The zero-order valence-corrected chi connectivity index (χ0v) is 18.2. The topological polar surface area (TPSA) is 76.1 Å². The number of hydrogen-bond donors (Lipinski definition) is 0. The van der Waals surface area contributed by atoms with Gasteiger partial charge in [-0.15, -0.1) is 0 Å². The lowest BCUT2D eigenvalue weighted by molar-refractivity contribution is -0.136. The van der Waals surface area contributed by atoms with Crippen LogP contribution in [0.3, 0.4) is 0 Å². The van der Waals surface area contributed by atoms with Gasteiger partial charge in [0.25, 0.3) is 0 Å². The van der Waals surface area contributed by atoms with Crippen molar-refractivity contribution in [3.63, 3.8) is 0 Å². The van der Waals surface area contributed by atoms with E-state index in [2.05, 4.69) is 20.9 Å². The van der Waals surface area contributed by atoms with Gasteiger partial charge < -0.3 is 23.7 Å². The average Bonchev–Trinajstić information content (AvgIpc) is 3.25. The Morgan fingerprint density at radius 3 is 2.34 bits per heavy atom.